The van der Waals surface area contributed by atoms with Gasteiger partial charge in [0.25, 0.3) is 9.05 Å². The molecule has 1 amide bonds. The third-order valence-electron chi connectivity index (χ3n) is 1.95. The van der Waals surface area contributed by atoms with Crippen LogP contribution in [0.15, 0.2) is 17.0 Å². The summed E-state index contributed by atoms with van der Waals surface area (Å²) in [5, 5.41) is 1.71. The molecule has 0 aliphatic heterocycles. The Hall–Kier alpha value is -1.26. The van der Waals surface area contributed by atoms with E-state index in [1.807, 2.05) is 0 Å². The zero-order chi connectivity index (χ0) is 15.7. The van der Waals surface area contributed by atoms with E-state index in [2.05, 4.69) is 0 Å². The number of nitrogens with one attached hydrogen (secondary N) is 1. The summed E-state index contributed by atoms with van der Waals surface area (Å²) in [5.74, 6) is -4.93. The number of rotatable bonds is 4. The van der Waals surface area contributed by atoms with Crippen molar-refractivity contribution in [1.29, 1.82) is 0 Å². The third-order valence-corrected chi connectivity index (χ3v) is 4.07. The number of hydrogen-bond donors (Lipinski definition) is 1. The Labute approximate surface area is 118 Å². The van der Waals surface area contributed by atoms with Crippen LogP contribution in [0.25, 0.3) is 0 Å². The number of carbonyl (C=O) groups excluding carboxylic acids is 1. The van der Waals surface area contributed by atoms with E-state index in [4.69, 9.17) is 10.7 Å². The summed E-state index contributed by atoms with van der Waals surface area (Å²) in [7, 11) is -3.09. The minimum Gasteiger partial charge on any atom is -0.320 e. The van der Waals surface area contributed by atoms with Gasteiger partial charge < -0.3 is 5.32 Å². The highest BCUT2D eigenvalue weighted by atomic mass is 35.7. The van der Waals surface area contributed by atoms with Crippen molar-refractivity contribution in [3.63, 3.8) is 0 Å². The van der Waals surface area contributed by atoms with E-state index in [1.54, 1.807) is 5.32 Å². The Kier molecular flexibility index (Phi) is 4.72. The van der Waals surface area contributed by atoms with Crippen molar-refractivity contribution < 1.29 is 30.4 Å². The van der Waals surface area contributed by atoms with Gasteiger partial charge in [-0.05, 0) is 12.1 Å². The lowest BCUT2D eigenvalue weighted by atomic mass is 10.3. The molecule has 20 heavy (non-hydrogen) atoms. The number of carbonyl (C=O) groups is 1. The van der Waals surface area contributed by atoms with Gasteiger partial charge in [0.05, 0.1) is 4.90 Å². The second-order valence-electron chi connectivity index (χ2n) is 3.82. The number of halogens is 3. The van der Waals surface area contributed by atoms with Crippen LogP contribution in [0.1, 0.15) is 0 Å². The van der Waals surface area contributed by atoms with Crippen molar-refractivity contribution in [2.45, 2.75) is 4.90 Å². The fraction of sp³-hybridized carbons (Fsp3) is 0.222. The van der Waals surface area contributed by atoms with Crippen LogP contribution in [0.3, 0.4) is 0 Å². The summed E-state index contributed by atoms with van der Waals surface area (Å²) in [6, 6.07) is 0.808. The predicted molar refractivity (Wildman–Crippen MR) is 67.7 cm³/mol. The predicted octanol–water partition coefficient (Wildman–Crippen LogP) is 0.875. The Balaban J connectivity index is 3.13. The standard InChI is InChI=1S/C9H8ClF2NO5S2/c1-19(15,16)4-8(14)13-9-6(11)2-5(3-7(9)12)20(10,17)18/h2-3H,4H2,1H3,(H,13,14). The lowest BCUT2D eigenvalue weighted by Gasteiger charge is -2.08. The third kappa shape index (κ3) is 4.69. The Bertz CT molecular complexity index is 738. The summed E-state index contributed by atoms with van der Waals surface area (Å²) in [4.78, 5) is 10.4. The monoisotopic (exact) mass is 347 g/mol. The van der Waals surface area contributed by atoms with Crippen LogP contribution in [0.4, 0.5) is 14.5 Å². The van der Waals surface area contributed by atoms with E-state index >= 15 is 0 Å². The van der Waals surface area contributed by atoms with Crippen LogP contribution in [0.5, 0.6) is 0 Å². The molecule has 0 aromatic heterocycles. The molecule has 0 radical (unpaired) electrons. The molecule has 112 valence electrons. The van der Waals surface area contributed by atoms with Gasteiger partial charge in [0.2, 0.25) is 5.91 Å². The van der Waals surface area contributed by atoms with E-state index in [9.17, 15) is 30.4 Å². The molecule has 1 aromatic rings. The summed E-state index contributed by atoms with van der Waals surface area (Å²) in [5.41, 5.74) is -0.956. The average molecular weight is 348 g/mol. The molecule has 1 N–H and O–H groups in total. The molecule has 0 aliphatic carbocycles. The van der Waals surface area contributed by atoms with E-state index < -0.39 is 52.8 Å². The SMILES string of the molecule is CS(=O)(=O)CC(=O)Nc1c(F)cc(S(=O)(=O)Cl)cc1F. The molecule has 0 aliphatic rings. The molecule has 1 rings (SSSR count). The molecule has 0 saturated heterocycles. The van der Waals surface area contributed by atoms with Gasteiger partial charge in [-0.25, -0.2) is 25.6 Å². The second-order valence-corrected chi connectivity index (χ2v) is 8.52. The summed E-state index contributed by atoms with van der Waals surface area (Å²) in [6.45, 7) is 0. The first-order valence-electron chi connectivity index (χ1n) is 4.81. The summed E-state index contributed by atoms with van der Waals surface area (Å²) in [6.07, 6.45) is 0.766. The van der Waals surface area contributed by atoms with E-state index in [0.29, 0.717) is 12.1 Å². The van der Waals surface area contributed by atoms with Crippen molar-refractivity contribution in [2.75, 3.05) is 17.3 Å². The normalized spacial score (nSPS) is 12.2. The fourth-order valence-electron chi connectivity index (χ4n) is 1.22. The number of amides is 1. The largest absolute Gasteiger partial charge is 0.320 e. The maximum atomic E-state index is 13.5. The van der Waals surface area contributed by atoms with Gasteiger partial charge in [-0.2, -0.15) is 0 Å². The zero-order valence-electron chi connectivity index (χ0n) is 9.85. The minimum absolute atomic E-state index is 0.404. The van der Waals surface area contributed by atoms with Crippen molar-refractivity contribution in [3.8, 4) is 0 Å². The number of hydrogen-bond acceptors (Lipinski definition) is 5. The Morgan fingerprint density at radius 2 is 1.65 bits per heavy atom. The van der Waals surface area contributed by atoms with Crippen LogP contribution in [-0.2, 0) is 23.7 Å². The molecule has 1 aromatic carbocycles. The zero-order valence-corrected chi connectivity index (χ0v) is 12.2. The van der Waals surface area contributed by atoms with Crippen molar-refractivity contribution in [3.05, 3.63) is 23.8 Å². The van der Waals surface area contributed by atoms with Crippen molar-refractivity contribution >= 4 is 41.2 Å². The smallest absolute Gasteiger partial charge is 0.261 e. The molecular formula is C9H8ClF2NO5S2. The first-order valence-corrected chi connectivity index (χ1v) is 9.18. The molecule has 0 unspecified atom stereocenters. The van der Waals surface area contributed by atoms with E-state index in [0.717, 1.165) is 6.26 Å². The minimum atomic E-state index is -4.34. The highest BCUT2D eigenvalue weighted by Gasteiger charge is 2.20. The summed E-state index contributed by atoms with van der Waals surface area (Å²) >= 11 is 0. The first kappa shape index (κ1) is 16.8. The molecule has 0 bridgehead atoms. The van der Waals surface area contributed by atoms with Gasteiger partial charge in [-0.1, -0.05) is 0 Å². The number of benzene rings is 1. The Morgan fingerprint density at radius 3 is 2.00 bits per heavy atom. The molecule has 0 fully saturated rings. The average Bonchev–Trinajstić information content (AvgIpc) is 2.19. The molecule has 0 saturated carbocycles. The maximum absolute atomic E-state index is 13.5. The fourth-order valence-corrected chi connectivity index (χ4v) is 2.53. The van der Waals surface area contributed by atoms with Crippen LogP contribution in [0.2, 0.25) is 0 Å². The van der Waals surface area contributed by atoms with E-state index in [-0.39, 0.29) is 0 Å². The highest BCUT2D eigenvalue weighted by Crippen LogP contribution is 2.25. The van der Waals surface area contributed by atoms with Gasteiger partial charge in [0.1, 0.15) is 11.4 Å². The van der Waals surface area contributed by atoms with Crippen molar-refractivity contribution in [1.82, 2.24) is 0 Å². The van der Waals surface area contributed by atoms with Gasteiger partial charge in [0, 0.05) is 16.9 Å². The second kappa shape index (κ2) is 5.62. The summed E-state index contributed by atoms with van der Waals surface area (Å²) < 4.78 is 70.5. The molecule has 0 heterocycles. The number of sulfone groups is 1. The topological polar surface area (TPSA) is 97.4 Å². The van der Waals surface area contributed by atoms with Crippen LogP contribution in [-0.4, -0.2) is 34.8 Å². The molecule has 0 spiro atoms. The number of anilines is 1. The van der Waals surface area contributed by atoms with Gasteiger partial charge in [-0.15, -0.1) is 0 Å². The molecule has 0 atom stereocenters. The van der Waals surface area contributed by atoms with E-state index in [1.165, 1.54) is 0 Å². The van der Waals surface area contributed by atoms with Gasteiger partial charge in [0.15, 0.2) is 21.5 Å². The maximum Gasteiger partial charge on any atom is 0.261 e. The lowest BCUT2D eigenvalue weighted by molar-refractivity contribution is -0.113. The molecular weight excluding hydrogens is 340 g/mol. The molecule has 11 heteroatoms. The van der Waals surface area contributed by atoms with Crippen LogP contribution < -0.4 is 5.32 Å². The lowest BCUT2D eigenvalue weighted by Crippen LogP contribution is -2.23. The first-order chi connectivity index (χ1) is 8.90. The van der Waals surface area contributed by atoms with Crippen molar-refractivity contribution in [2.24, 2.45) is 0 Å². The molecule has 6 nitrogen and oxygen atoms in total. The van der Waals surface area contributed by atoms with Gasteiger partial charge >= 0.3 is 0 Å². The Morgan fingerprint density at radius 1 is 1.20 bits per heavy atom. The van der Waals surface area contributed by atoms with Crippen LogP contribution in [0, 0.1) is 11.6 Å². The van der Waals surface area contributed by atoms with Crippen LogP contribution >= 0.6 is 10.7 Å². The quantitative estimate of drug-likeness (QED) is 0.815. The highest BCUT2D eigenvalue weighted by molar-refractivity contribution is 8.13. The van der Waals surface area contributed by atoms with Gasteiger partial charge in [-0.3, -0.25) is 4.79 Å².